The van der Waals surface area contributed by atoms with Crippen molar-refractivity contribution in [1.29, 1.82) is 0 Å². The molecule has 37 heavy (non-hydrogen) atoms. The lowest BCUT2D eigenvalue weighted by molar-refractivity contribution is -0.137. The Kier molecular flexibility index (Phi) is 8.11. The van der Waals surface area contributed by atoms with Crippen LogP contribution in [-0.4, -0.2) is 29.7 Å². The summed E-state index contributed by atoms with van der Waals surface area (Å²) in [5.74, 6) is -1.36. The minimum absolute atomic E-state index is 0.0772. The highest BCUT2D eigenvalue weighted by Crippen LogP contribution is 2.34. The van der Waals surface area contributed by atoms with Gasteiger partial charge in [0.25, 0.3) is 0 Å². The van der Waals surface area contributed by atoms with E-state index in [1.807, 2.05) is 0 Å². The van der Waals surface area contributed by atoms with Gasteiger partial charge in [0.1, 0.15) is 5.56 Å². The Labute approximate surface area is 223 Å². The molecule has 188 valence electrons. The van der Waals surface area contributed by atoms with Crippen molar-refractivity contribution in [3.05, 3.63) is 110 Å². The van der Waals surface area contributed by atoms with E-state index in [1.54, 1.807) is 91.2 Å². The van der Waals surface area contributed by atoms with Crippen LogP contribution in [0.25, 0.3) is 27.9 Å². The van der Waals surface area contributed by atoms with Crippen molar-refractivity contribution in [2.45, 2.75) is 13.8 Å². The first-order valence-corrected chi connectivity index (χ1v) is 12.4. The molecule has 6 nitrogen and oxygen atoms in total. The second kappa shape index (κ2) is 11.5. The SMILES string of the molecule is CCOC(=O)/C=C(/c1ccc(Cl)cc1)n1c(-c2ccc(Cl)cc2)c(C(=O)OCC)c(=O)c2ccccc21. The van der Waals surface area contributed by atoms with E-state index in [0.29, 0.717) is 32.4 Å². The number of para-hydroxylation sites is 1. The largest absolute Gasteiger partial charge is 0.463 e. The Bertz CT molecular complexity index is 1550. The molecule has 0 N–H and O–H groups in total. The fraction of sp³-hybridized carbons (Fsp3) is 0.138. The zero-order valence-corrected chi connectivity index (χ0v) is 21.7. The zero-order valence-electron chi connectivity index (χ0n) is 20.2. The highest BCUT2D eigenvalue weighted by Gasteiger charge is 2.27. The molecule has 4 rings (SSSR count). The topological polar surface area (TPSA) is 74.6 Å². The van der Waals surface area contributed by atoms with Gasteiger partial charge in [-0.25, -0.2) is 9.59 Å². The fourth-order valence-corrected chi connectivity index (χ4v) is 4.30. The average molecular weight is 536 g/mol. The van der Waals surface area contributed by atoms with Crippen LogP contribution in [0.2, 0.25) is 10.0 Å². The summed E-state index contributed by atoms with van der Waals surface area (Å²) in [6.07, 6.45) is 1.33. The minimum Gasteiger partial charge on any atom is -0.463 e. The van der Waals surface area contributed by atoms with Crippen molar-refractivity contribution < 1.29 is 19.1 Å². The van der Waals surface area contributed by atoms with Gasteiger partial charge in [0.2, 0.25) is 5.43 Å². The highest BCUT2D eigenvalue weighted by molar-refractivity contribution is 6.31. The Morgan fingerprint density at radius 1 is 0.838 bits per heavy atom. The number of carbonyl (C=O) groups excluding carboxylic acids is 2. The average Bonchev–Trinajstić information content (AvgIpc) is 2.89. The van der Waals surface area contributed by atoms with Gasteiger partial charge in [0.15, 0.2) is 0 Å². The van der Waals surface area contributed by atoms with E-state index in [2.05, 4.69) is 0 Å². The quantitative estimate of drug-likeness (QED) is 0.197. The van der Waals surface area contributed by atoms with Crippen LogP contribution in [0.5, 0.6) is 0 Å². The van der Waals surface area contributed by atoms with Gasteiger partial charge >= 0.3 is 11.9 Å². The molecule has 0 spiro atoms. The van der Waals surface area contributed by atoms with Gasteiger partial charge < -0.3 is 14.0 Å². The maximum Gasteiger partial charge on any atom is 0.344 e. The predicted molar refractivity (Wildman–Crippen MR) is 146 cm³/mol. The van der Waals surface area contributed by atoms with Crippen LogP contribution in [-0.2, 0) is 14.3 Å². The van der Waals surface area contributed by atoms with Crippen molar-refractivity contribution in [3.63, 3.8) is 0 Å². The van der Waals surface area contributed by atoms with Crippen molar-refractivity contribution in [1.82, 2.24) is 4.57 Å². The van der Waals surface area contributed by atoms with Crippen LogP contribution >= 0.6 is 23.2 Å². The molecule has 0 aliphatic rings. The number of pyridine rings is 1. The van der Waals surface area contributed by atoms with Gasteiger partial charge in [-0.3, -0.25) is 4.79 Å². The number of hydrogen-bond donors (Lipinski definition) is 0. The molecule has 0 unspecified atom stereocenters. The van der Waals surface area contributed by atoms with Gasteiger partial charge in [-0.1, -0.05) is 59.6 Å². The number of ether oxygens (including phenoxy) is 2. The summed E-state index contributed by atoms with van der Waals surface area (Å²) in [5.41, 5.74) is 1.60. The Hall–Kier alpha value is -3.87. The molecule has 1 heterocycles. The van der Waals surface area contributed by atoms with E-state index in [-0.39, 0.29) is 29.9 Å². The smallest absolute Gasteiger partial charge is 0.344 e. The minimum atomic E-state index is -0.774. The van der Waals surface area contributed by atoms with Crippen LogP contribution in [0.3, 0.4) is 0 Å². The molecule has 0 amide bonds. The number of carbonyl (C=O) groups is 2. The van der Waals surface area contributed by atoms with Crippen LogP contribution in [0.4, 0.5) is 0 Å². The first kappa shape index (κ1) is 26.2. The van der Waals surface area contributed by atoms with Crippen molar-refractivity contribution in [2.75, 3.05) is 13.2 Å². The molecular formula is C29H23Cl2NO5. The van der Waals surface area contributed by atoms with E-state index >= 15 is 0 Å². The maximum absolute atomic E-state index is 13.7. The summed E-state index contributed by atoms with van der Waals surface area (Å²) < 4.78 is 12.2. The molecule has 0 saturated carbocycles. The van der Waals surface area contributed by atoms with E-state index in [4.69, 9.17) is 32.7 Å². The number of benzene rings is 3. The molecular weight excluding hydrogens is 513 g/mol. The zero-order chi connectivity index (χ0) is 26.5. The normalized spacial score (nSPS) is 11.4. The second-order valence-electron chi connectivity index (χ2n) is 7.92. The third-order valence-electron chi connectivity index (χ3n) is 5.60. The number of aromatic nitrogens is 1. The molecule has 4 aromatic rings. The van der Waals surface area contributed by atoms with Gasteiger partial charge in [0.05, 0.1) is 30.1 Å². The summed E-state index contributed by atoms with van der Waals surface area (Å²) in [6, 6.07) is 20.5. The Balaban J connectivity index is 2.23. The predicted octanol–water partition coefficient (Wildman–Crippen LogP) is 6.60. The van der Waals surface area contributed by atoms with E-state index in [9.17, 15) is 14.4 Å². The monoisotopic (exact) mass is 535 g/mol. The first-order chi connectivity index (χ1) is 17.8. The fourth-order valence-electron chi connectivity index (χ4n) is 4.05. The summed E-state index contributed by atoms with van der Waals surface area (Å²) in [5, 5.41) is 1.28. The van der Waals surface area contributed by atoms with E-state index in [0.717, 1.165) is 0 Å². The summed E-state index contributed by atoms with van der Waals surface area (Å²) in [4.78, 5) is 39.8. The number of rotatable bonds is 7. The lowest BCUT2D eigenvalue weighted by Crippen LogP contribution is -2.24. The third-order valence-corrected chi connectivity index (χ3v) is 6.10. The molecule has 8 heteroatoms. The van der Waals surface area contributed by atoms with Crippen LogP contribution in [0.15, 0.2) is 83.7 Å². The molecule has 0 radical (unpaired) electrons. The molecule has 0 aliphatic heterocycles. The second-order valence-corrected chi connectivity index (χ2v) is 8.79. The molecule has 0 saturated heterocycles. The number of fused-ring (bicyclic) bond motifs is 1. The molecule has 1 aromatic heterocycles. The van der Waals surface area contributed by atoms with Crippen molar-refractivity contribution in [3.8, 4) is 11.3 Å². The number of esters is 2. The third kappa shape index (κ3) is 5.45. The lowest BCUT2D eigenvalue weighted by atomic mass is 9.99. The van der Waals surface area contributed by atoms with Crippen molar-refractivity contribution in [2.24, 2.45) is 0 Å². The van der Waals surface area contributed by atoms with Gasteiger partial charge in [0, 0.05) is 21.5 Å². The lowest BCUT2D eigenvalue weighted by Gasteiger charge is -2.23. The molecule has 0 aliphatic carbocycles. The van der Waals surface area contributed by atoms with E-state index in [1.165, 1.54) is 6.08 Å². The summed E-state index contributed by atoms with van der Waals surface area (Å²) in [6.45, 7) is 3.62. The number of hydrogen-bond acceptors (Lipinski definition) is 5. The molecule has 3 aromatic carbocycles. The van der Waals surface area contributed by atoms with Crippen molar-refractivity contribution >= 4 is 51.7 Å². The Morgan fingerprint density at radius 2 is 1.43 bits per heavy atom. The van der Waals surface area contributed by atoms with Gasteiger partial charge in [-0.2, -0.15) is 0 Å². The summed E-state index contributed by atoms with van der Waals surface area (Å²) in [7, 11) is 0. The molecule has 0 bridgehead atoms. The maximum atomic E-state index is 13.7. The Morgan fingerprint density at radius 3 is 2.05 bits per heavy atom. The highest BCUT2D eigenvalue weighted by atomic mass is 35.5. The van der Waals surface area contributed by atoms with Gasteiger partial charge in [-0.15, -0.1) is 0 Å². The first-order valence-electron chi connectivity index (χ1n) is 11.6. The van der Waals surface area contributed by atoms with Crippen LogP contribution in [0, 0.1) is 0 Å². The molecule has 0 fully saturated rings. The van der Waals surface area contributed by atoms with E-state index < -0.39 is 17.4 Å². The van der Waals surface area contributed by atoms with Crippen LogP contribution in [0.1, 0.15) is 29.8 Å². The standard InChI is InChI=1S/C29H23Cl2NO5/c1-3-36-25(33)17-24(18-9-13-20(30)14-10-18)32-23-8-6-5-7-22(23)28(34)26(29(35)37-4-2)27(32)19-11-15-21(31)16-12-19/h5-17H,3-4H2,1-2H3/b24-17-. The summed E-state index contributed by atoms with van der Waals surface area (Å²) >= 11 is 12.3. The molecule has 0 atom stereocenters. The number of nitrogens with zero attached hydrogens (tertiary/aromatic N) is 1. The number of halogens is 2. The van der Waals surface area contributed by atoms with Crippen LogP contribution < -0.4 is 5.43 Å². The van der Waals surface area contributed by atoms with Gasteiger partial charge in [-0.05, 0) is 61.4 Å².